The van der Waals surface area contributed by atoms with Gasteiger partial charge in [0.25, 0.3) is 0 Å². The molecule has 1 aromatic carbocycles. The maximum Gasteiger partial charge on any atom is 0.315 e. The second kappa shape index (κ2) is 6.40. The van der Waals surface area contributed by atoms with E-state index < -0.39 is 0 Å². The van der Waals surface area contributed by atoms with Crippen LogP contribution < -0.4 is 15.4 Å². The van der Waals surface area contributed by atoms with Crippen molar-refractivity contribution >= 4 is 6.03 Å². The molecule has 2 aliphatic rings. The summed E-state index contributed by atoms with van der Waals surface area (Å²) in [6.45, 7) is 4.71. The van der Waals surface area contributed by atoms with Gasteiger partial charge in [-0.25, -0.2) is 4.79 Å². The first kappa shape index (κ1) is 16.1. The van der Waals surface area contributed by atoms with Crippen molar-refractivity contribution in [2.75, 3.05) is 13.7 Å². The first-order valence-corrected chi connectivity index (χ1v) is 8.39. The van der Waals surface area contributed by atoms with Crippen LogP contribution in [-0.2, 0) is 4.74 Å². The average molecular weight is 318 g/mol. The van der Waals surface area contributed by atoms with Gasteiger partial charge in [-0.1, -0.05) is 12.1 Å². The molecule has 0 aliphatic heterocycles. The maximum atomic E-state index is 12.0. The van der Waals surface area contributed by atoms with Crippen molar-refractivity contribution in [3.63, 3.8) is 0 Å². The Bertz CT molecular complexity index is 571. The first-order chi connectivity index (χ1) is 11.0. The van der Waals surface area contributed by atoms with Crippen molar-refractivity contribution in [1.82, 2.24) is 10.6 Å². The first-order valence-electron chi connectivity index (χ1n) is 8.39. The van der Waals surface area contributed by atoms with Crippen molar-refractivity contribution < 1.29 is 14.3 Å². The van der Waals surface area contributed by atoms with Gasteiger partial charge in [-0.3, -0.25) is 0 Å². The van der Waals surface area contributed by atoms with Crippen LogP contribution in [-0.4, -0.2) is 37.4 Å². The van der Waals surface area contributed by atoms with E-state index in [9.17, 15) is 4.79 Å². The second-order valence-electron chi connectivity index (χ2n) is 6.76. The van der Waals surface area contributed by atoms with E-state index >= 15 is 0 Å². The molecule has 0 unspecified atom stereocenters. The quantitative estimate of drug-likeness (QED) is 0.848. The monoisotopic (exact) mass is 318 g/mol. The van der Waals surface area contributed by atoms with Crippen LogP contribution in [0.25, 0.3) is 0 Å². The van der Waals surface area contributed by atoms with Gasteiger partial charge in [0.2, 0.25) is 0 Å². The lowest BCUT2D eigenvalue weighted by molar-refractivity contribution is 0.0491. The number of hydrogen-bond donors (Lipinski definition) is 2. The number of ether oxygens (including phenoxy) is 2. The minimum Gasteiger partial charge on any atom is -0.497 e. The highest BCUT2D eigenvalue weighted by Crippen LogP contribution is 2.40. The third-order valence-electron chi connectivity index (χ3n) is 5.00. The van der Waals surface area contributed by atoms with Crippen LogP contribution >= 0.6 is 0 Å². The molecule has 0 aromatic heterocycles. The number of urea groups is 1. The Balaban J connectivity index is 1.41. The van der Waals surface area contributed by atoms with Crippen molar-refractivity contribution in [2.45, 2.75) is 56.7 Å². The Morgan fingerprint density at radius 1 is 1.35 bits per heavy atom. The summed E-state index contributed by atoms with van der Waals surface area (Å²) in [5.74, 6) is 1.39. The van der Waals surface area contributed by atoms with E-state index in [-0.39, 0.29) is 23.7 Å². The summed E-state index contributed by atoms with van der Waals surface area (Å²) in [4.78, 5) is 12.0. The summed E-state index contributed by atoms with van der Waals surface area (Å²) in [5, 5.41) is 6.07. The van der Waals surface area contributed by atoms with Gasteiger partial charge in [-0.2, -0.15) is 0 Å². The van der Waals surface area contributed by atoms with E-state index in [0.29, 0.717) is 12.5 Å². The van der Waals surface area contributed by atoms with Gasteiger partial charge in [0.15, 0.2) is 0 Å². The third kappa shape index (κ3) is 3.61. The molecule has 2 N–H and O–H groups in total. The molecule has 0 heterocycles. The van der Waals surface area contributed by atoms with E-state index in [2.05, 4.69) is 22.8 Å². The summed E-state index contributed by atoms with van der Waals surface area (Å²) >= 11 is 0. The summed E-state index contributed by atoms with van der Waals surface area (Å²) in [6, 6.07) is 8.49. The molecule has 2 fully saturated rings. The minimum absolute atomic E-state index is 0.0764. The van der Waals surface area contributed by atoms with Gasteiger partial charge < -0.3 is 20.1 Å². The molecular weight excluding hydrogens is 292 g/mol. The van der Waals surface area contributed by atoms with Crippen molar-refractivity contribution in [3.8, 4) is 5.75 Å². The number of nitrogens with one attached hydrogen (secondary N) is 2. The van der Waals surface area contributed by atoms with Crippen molar-refractivity contribution in [3.05, 3.63) is 29.8 Å². The van der Waals surface area contributed by atoms with E-state index in [4.69, 9.17) is 9.47 Å². The predicted molar refractivity (Wildman–Crippen MR) is 88.9 cm³/mol. The van der Waals surface area contributed by atoms with Gasteiger partial charge in [-0.15, -0.1) is 0 Å². The summed E-state index contributed by atoms with van der Waals surface area (Å²) in [6.07, 6.45) is 2.85. The lowest BCUT2D eigenvalue weighted by Crippen LogP contribution is -2.49. The molecule has 0 radical (unpaired) electrons. The fraction of sp³-hybridized carbons (Fsp3) is 0.611. The molecule has 2 aliphatic carbocycles. The van der Waals surface area contributed by atoms with Crippen LogP contribution in [0.2, 0.25) is 0 Å². The number of rotatable bonds is 6. The highest BCUT2D eigenvalue weighted by atomic mass is 16.5. The van der Waals surface area contributed by atoms with E-state index in [1.54, 1.807) is 7.11 Å². The van der Waals surface area contributed by atoms with Gasteiger partial charge in [-0.05, 0) is 50.3 Å². The molecule has 0 bridgehead atoms. The highest BCUT2D eigenvalue weighted by Gasteiger charge is 2.52. The Kier molecular flexibility index (Phi) is 4.48. The zero-order chi connectivity index (χ0) is 16.4. The number of hydrogen-bond acceptors (Lipinski definition) is 3. The summed E-state index contributed by atoms with van der Waals surface area (Å²) in [7, 11) is 1.68. The van der Waals surface area contributed by atoms with Crippen LogP contribution in [0.1, 0.15) is 44.6 Å². The molecule has 2 saturated carbocycles. The standard InChI is InChI=1S/C18H26N2O3/c1-4-23-18(2)11-16(18)20-17(21)19-14-8-13(9-14)12-6-5-7-15(10-12)22-3/h5-7,10,13-14,16H,4,8-9,11H2,1-3H3,(H2,19,20,21)/t13?,14?,16-,18+/m1/s1. The lowest BCUT2D eigenvalue weighted by Gasteiger charge is -2.36. The molecule has 126 valence electrons. The molecule has 0 spiro atoms. The molecule has 2 amide bonds. The van der Waals surface area contributed by atoms with Crippen LogP contribution in [0.15, 0.2) is 24.3 Å². The summed E-state index contributed by atoms with van der Waals surface area (Å²) in [5.41, 5.74) is 1.11. The topological polar surface area (TPSA) is 59.6 Å². The molecule has 23 heavy (non-hydrogen) atoms. The zero-order valence-electron chi connectivity index (χ0n) is 14.1. The number of methoxy groups -OCH3 is 1. The second-order valence-corrected chi connectivity index (χ2v) is 6.76. The number of carbonyl (C=O) groups is 1. The zero-order valence-corrected chi connectivity index (χ0v) is 14.1. The molecule has 5 heteroatoms. The lowest BCUT2D eigenvalue weighted by atomic mass is 9.76. The van der Waals surface area contributed by atoms with Crippen molar-refractivity contribution in [1.29, 1.82) is 0 Å². The van der Waals surface area contributed by atoms with Crippen molar-refractivity contribution in [2.24, 2.45) is 0 Å². The van der Waals surface area contributed by atoms with E-state index in [1.807, 2.05) is 26.0 Å². The molecular formula is C18H26N2O3. The molecule has 0 saturated heterocycles. The Hall–Kier alpha value is -1.75. The number of amides is 2. The number of benzene rings is 1. The number of carbonyl (C=O) groups excluding carboxylic acids is 1. The fourth-order valence-electron chi connectivity index (χ4n) is 3.33. The SMILES string of the molecule is CCO[C@@]1(C)C[C@H]1NC(=O)NC1CC(c2cccc(OC)c2)C1. The van der Waals surface area contributed by atoms with Gasteiger partial charge in [0.05, 0.1) is 18.8 Å². The largest absolute Gasteiger partial charge is 0.497 e. The van der Waals surface area contributed by atoms with Crippen LogP contribution in [0, 0.1) is 0 Å². The Morgan fingerprint density at radius 2 is 2.13 bits per heavy atom. The highest BCUT2D eigenvalue weighted by molar-refractivity contribution is 5.75. The predicted octanol–water partition coefficient (Wildman–Crippen LogP) is 2.81. The van der Waals surface area contributed by atoms with E-state index in [1.165, 1.54) is 5.56 Å². The molecule has 1 aromatic rings. The van der Waals surface area contributed by atoms with Gasteiger partial charge >= 0.3 is 6.03 Å². The van der Waals surface area contributed by atoms with Gasteiger partial charge in [0.1, 0.15) is 5.75 Å². The molecule has 5 nitrogen and oxygen atoms in total. The van der Waals surface area contributed by atoms with Gasteiger partial charge in [0, 0.05) is 19.1 Å². The third-order valence-corrected chi connectivity index (χ3v) is 5.00. The Labute approximate surface area is 137 Å². The average Bonchev–Trinajstić information content (AvgIpc) is 3.12. The minimum atomic E-state index is -0.172. The van der Waals surface area contributed by atoms with E-state index in [0.717, 1.165) is 25.0 Å². The summed E-state index contributed by atoms with van der Waals surface area (Å²) < 4.78 is 10.9. The molecule has 2 atom stereocenters. The maximum absolute atomic E-state index is 12.0. The fourth-order valence-corrected chi connectivity index (χ4v) is 3.33. The smallest absolute Gasteiger partial charge is 0.315 e. The molecule has 3 rings (SSSR count). The van der Waals surface area contributed by atoms with Crippen LogP contribution in [0.3, 0.4) is 0 Å². The van der Waals surface area contributed by atoms with Crippen LogP contribution in [0.5, 0.6) is 5.75 Å². The Morgan fingerprint density at radius 3 is 2.83 bits per heavy atom. The normalized spacial score (nSPS) is 31.9. The van der Waals surface area contributed by atoms with Crippen LogP contribution in [0.4, 0.5) is 4.79 Å².